The Bertz CT molecular complexity index is 854. The number of isocyanates is 1. The number of aromatic nitrogens is 1. The molecule has 6 heteroatoms. The first-order valence-electron chi connectivity index (χ1n) is 5.61. The van der Waals surface area contributed by atoms with Crippen molar-refractivity contribution in [3.63, 3.8) is 0 Å². The number of hydrogen-bond donors (Lipinski definition) is 0. The SMILES string of the molecule is O=C=Nc1ccc2oc(-c3cc(Br)ccc3Cl)nc2c1. The van der Waals surface area contributed by atoms with Gasteiger partial charge in [-0.1, -0.05) is 27.5 Å². The van der Waals surface area contributed by atoms with Crippen LogP contribution in [0.3, 0.4) is 0 Å². The number of benzene rings is 2. The van der Waals surface area contributed by atoms with E-state index in [1.807, 2.05) is 12.1 Å². The van der Waals surface area contributed by atoms with Crippen molar-refractivity contribution in [2.45, 2.75) is 0 Å². The molecule has 0 fully saturated rings. The average Bonchev–Trinajstić information content (AvgIpc) is 2.85. The van der Waals surface area contributed by atoms with Crippen LogP contribution in [0.4, 0.5) is 5.69 Å². The summed E-state index contributed by atoms with van der Waals surface area (Å²) in [4.78, 5) is 18.2. The van der Waals surface area contributed by atoms with Crippen molar-refractivity contribution in [1.29, 1.82) is 0 Å². The lowest BCUT2D eigenvalue weighted by Gasteiger charge is -1.99. The van der Waals surface area contributed by atoms with Crippen molar-refractivity contribution in [2.24, 2.45) is 4.99 Å². The van der Waals surface area contributed by atoms with Gasteiger partial charge in [0, 0.05) is 4.47 Å². The van der Waals surface area contributed by atoms with Crippen LogP contribution in [-0.2, 0) is 4.79 Å². The Morgan fingerprint density at radius 1 is 1.25 bits per heavy atom. The summed E-state index contributed by atoms with van der Waals surface area (Å²) in [6, 6.07) is 10.4. The molecule has 0 saturated carbocycles. The van der Waals surface area contributed by atoms with Crippen LogP contribution in [0.15, 0.2) is 50.3 Å². The average molecular weight is 350 g/mol. The quantitative estimate of drug-likeness (QED) is 0.489. The van der Waals surface area contributed by atoms with E-state index in [1.54, 1.807) is 24.3 Å². The Balaban J connectivity index is 2.17. The number of halogens is 2. The summed E-state index contributed by atoms with van der Waals surface area (Å²) in [5, 5.41) is 0.547. The number of nitrogens with zero attached hydrogens (tertiary/aromatic N) is 2. The summed E-state index contributed by atoms with van der Waals surface area (Å²) < 4.78 is 6.55. The van der Waals surface area contributed by atoms with Gasteiger partial charge in [-0.3, -0.25) is 0 Å². The lowest BCUT2D eigenvalue weighted by atomic mass is 10.2. The topological polar surface area (TPSA) is 55.5 Å². The molecule has 0 bridgehead atoms. The molecule has 0 atom stereocenters. The first-order chi connectivity index (χ1) is 9.67. The Morgan fingerprint density at radius 3 is 2.90 bits per heavy atom. The normalized spacial score (nSPS) is 10.5. The first-order valence-corrected chi connectivity index (χ1v) is 6.78. The molecule has 3 rings (SSSR count). The Kier molecular flexibility index (Phi) is 3.40. The summed E-state index contributed by atoms with van der Waals surface area (Å²) in [5.41, 5.74) is 2.37. The van der Waals surface area contributed by atoms with Gasteiger partial charge in [-0.15, -0.1) is 0 Å². The van der Waals surface area contributed by atoms with E-state index in [2.05, 4.69) is 25.9 Å². The molecule has 0 radical (unpaired) electrons. The van der Waals surface area contributed by atoms with Gasteiger partial charge in [0.05, 0.1) is 16.3 Å². The van der Waals surface area contributed by atoms with Crippen LogP contribution in [0.2, 0.25) is 5.02 Å². The molecule has 4 nitrogen and oxygen atoms in total. The van der Waals surface area contributed by atoms with Gasteiger partial charge in [-0.05, 0) is 36.4 Å². The molecule has 0 aliphatic heterocycles. The lowest BCUT2D eigenvalue weighted by Crippen LogP contribution is -1.79. The van der Waals surface area contributed by atoms with E-state index in [0.717, 1.165) is 4.47 Å². The third kappa shape index (κ3) is 2.39. The molecule has 0 unspecified atom stereocenters. The maximum absolute atomic E-state index is 10.3. The fourth-order valence-corrected chi connectivity index (χ4v) is 2.37. The molecule has 3 aromatic rings. The Morgan fingerprint density at radius 2 is 2.10 bits per heavy atom. The second-order valence-electron chi connectivity index (χ2n) is 4.00. The van der Waals surface area contributed by atoms with Crippen molar-refractivity contribution in [2.75, 3.05) is 0 Å². The first kappa shape index (κ1) is 13.1. The van der Waals surface area contributed by atoms with E-state index in [0.29, 0.717) is 33.3 Å². The molecule has 0 spiro atoms. The number of carbonyl (C=O) groups excluding carboxylic acids is 1. The minimum atomic E-state index is 0.415. The summed E-state index contributed by atoms with van der Waals surface area (Å²) in [6.07, 6.45) is 1.49. The van der Waals surface area contributed by atoms with E-state index < -0.39 is 0 Å². The largest absolute Gasteiger partial charge is 0.436 e. The van der Waals surface area contributed by atoms with Gasteiger partial charge >= 0.3 is 0 Å². The van der Waals surface area contributed by atoms with Crippen molar-refractivity contribution < 1.29 is 9.21 Å². The predicted molar refractivity (Wildman–Crippen MR) is 79.9 cm³/mol. The van der Waals surface area contributed by atoms with Crippen LogP contribution in [0.1, 0.15) is 0 Å². The zero-order valence-electron chi connectivity index (χ0n) is 9.93. The fourth-order valence-electron chi connectivity index (χ4n) is 1.81. The Labute approximate surface area is 127 Å². The molecule has 0 aliphatic rings. The zero-order valence-corrected chi connectivity index (χ0v) is 12.3. The molecular weight excluding hydrogens is 344 g/mol. The van der Waals surface area contributed by atoms with Crippen molar-refractivity contribution >= 4 is 50.4 Å². The fraction of sp³-hybridized carbons (Fsp3) is 0. The van der Waals surface area contributed by atoms with Gasteiger partial charge in [0.15, 0.2) is 5.58 Å². The highest BCUT2D eigenvalue weighted by Crippen LogP contribution is 2.33. The predicted octanol–water partition coefficient (Wildman–Crippen LogP) is 4.88. The zero-order chi connectivity index (χ0) is 14.1. The smallest absolute Gasteiger partial charge is 0.240 e. The van der Waals surface area contributed by atoms with Gasteiger partial charge in [-0.25, -0.2) is 9.78 Å². The summed E-state index contributed by atoms with van der Waals surface area (Å²) in [7, 11) is 0. The van der Waals surface area contributed by atoms with Gasteiger partial charge in [0.25, 0.3) is 0 Å². The second kappa shape index (κ2) is 5.21. The van der Waals surface area contributed by atoms with Crippen LogP contribution in [0, 0.1) is 0 Å². The highest BCUT2D eigenvalue weighted by Gasteiger charge is 2.12. The van der Waals surface area contributed by atoms with Gasteiger partial charge in [0.2, 0.25) is 12.0 Å². The van der Waals surface area contributed by atoms with Gasteiger partial charge in [0.1, 0.15) is 5.52 Å². The molecule has 0 amide bonds. The van der Waals surface area contributed by atoms with E-state index >= 15 is 0 Å². The van der Waals surface area contributed by atoms with Gasteiger partial charge in [-0.2, -0.15) is 4.99 Å². The number of rotatable bonds is 2. The van der Waals surface area contributed by atoms with Crippen LogP contribution in [0.5, 0.6) is 0 Å². The van der Waals surface area contributed by atoms with Crippen molar-refractivity contribution in [3.8, 4) is 11.5 Å². The molecule has 0 N–H and O–H groups in total. The lowest BCUT2D eigenvalue weighted by molar-refractivity contribution is 0.565. The molecule has 1 heterocycles. The maximum Gasteiger partial charge on any atom is 0.240 e. The minimum Gasteiger partial charge on any atom is -0.436 e. The third-order valence-corrected chi connectivity index (χ3v) is 3.53. The monoisotopic (exact) mass is 348 g/mol. The van der Waals surface area contributed by atoms with Crippen LogP contribution < -0.4 is 0 Å². The van der Waals surface area contributed by atoms with Crippen molar-refractivity contribution in [1.82, 2.24) is 4.98 Å². The molecule has 0 aliphatic carbocycles. The molecule has 1 aromatic heterocycles. The highest BCUT2D eigenvalue weighted by molar-refractivity contribution is 9.10. The maximum atomic E-state index is 10.3. The van der Waals surface area contributed by atoms with E-state index in [9.17, 15) is 4.79 Å². The van der Waals surface area contributed by atoms with Crippen molar-refractivity contribution in [3.05, 3.63) is 45.9 Å². The van der Waals surface area contributed by atoms with E-state index in [-0.39, 0.29) is 0 Å². The second-order valence-corrected chi connectivity index (χ2v) is 5.32. The van der Waals surface area contributed by atoms with E-state index in [4.69, 9.17) is 16.0 Å². The minimum absolute atomic E-state index is 0.415. The molecule has 98 valence electrons. The molecule has 20 heavy (non-hydrogen) atoms. The highest BCUT2D eigenvalue weighted by atomic mass is 79.9. The molecular formula is C14H6BrClN2O2. The van der Waals surface area contributed by atoms with Gasteiger partial charge < -0.3 is 4.42 Å². The molecule has 0 saturated heterocycles. The summed E-state index contributed by atoms with van der Waals surface area (Å²) >= 11 is 9.53. The molecule has 2 aromatic carbocycles. The standard InChI is InChI=1S/C14H6BrClN2O2/c15-8-1-3-11(16)10(5-8)14-18-12-6-9(17-7-19)2-4-13(12)20-14/h1-6H. The van der Waals surface area contributed by atoms with Crippen LogP contribution >= 0.6 is 27.5 Å². The summed E-state index contributed by atoms with van der Waals surface area (Å²) in [6.45, 7) is 0. The number of fused-ring (bicyclic) bond motifs is 1. The van der Waals surface area contributed by atoms with Crippen LogP contribution in [-0.4, -0.2) is 11.1 Å². The number of oxazole rings is 1. The third-order valence-electron chi connectivity index (χ3n) is 2.70. The summed E-state index contributed by atoms with van der Waals surface area (Å²) in [5.74, 6) is 0.415. The Hall–Kier alpha value is -1.94. The number of hydrogen-bond acceptors (Lipinski definition) is 4. The van der Waals surface area contributed by atoms with E-state index in [1.165, 1.54) is 6.08 Å². The number of aliphatic imine (C=N–C) groups is 1. The van der Waals surface area contributed by atoms with Crippen LogP contribution in [0.25, 0.3) is 22.6 Å².